The van der Waals surface area contributed by atoms with Crippen LogP contribution in [0.3, 0.4) is 0 Å². The van der Waals surface area contributed by atoms with Crippen molar-refractivity contribution in [2.24, 2.45) is 7.05 Å². The van der Waals surface area contributed by atoms with Crippen molar-refractivity contribution < 1.29 is 4.79 Å². The Morgan fingerprint density at radius 3 is 2.62 bits per heavy atom. The lowest BCUT2D eigenvalue weighted by Crippen LogP contribution is -2.49. The smallest absolute Gasteiger partial charge is 0.159 e. The summed E-state index contributed by atoms with van der Waals surface area (Å²) in [6.45, 7) is 0. The van der Waals surface area contributed by atoms with Crippen LogP contribution in [-0.4, -0.2) is 40.1 Å². The minimum atomic E-state index is -0.279. The second-order valence-corrected chi connectivity index (χ2v) is 6.32. The van der Waals surface area contributed by atoms with Crippen LogP contribution in [0, 0.1) is 0 Å². The van der Waals surface area contributed by atoms with E-state index in [-0.39, 0.29) is 5.54 Å². The summed E-state index contributed by atoms with van der Waals surface area (Å²) in [5.41, 5.74) is 1.72. The van der Waals surface area contributed by atoms with Crippen molar-refractivity contribution in [2.75, 3.05) is 14.1 Å². The zero-order valence-electron chi connectivity index (χ0n) is 13.1. The first kappa shape index (κ1) is 14.3. The van der Waals surface area contributed by atoms with Gasteiger partial charge in [-0.25, -0.2) is 0 Å². The van der Waals surface area contributed by atoms with Crippen molar-refractivity contribution >= 4 is 16.7 Å². The fourth-order valence-electron chi connectivity index (χ4n) is 3.67. The lowest BCUT2D eigenvalue weighted by molar-refractivity contribution is -0.128. The Labute approximate surface area is 125 Å². The Kier molecular flexibility index (Phi) is 3.57. The molecule has 0 bridgehead atoms. The molecule has 0 radical (unpaired) electrons. The van der Waals surface area contributed by atoms with Gasteiger partial charge < -0.3 is 0 Å². The monoisotopic (exact) mass is 285 g/mol. The van der Waals surface area contributed by atoms with E-state index in [0.717, 1.165) is 42.3 Å². The molecule has 0 N–H and O–H groups in total. The Hall–Kier alpha value is -1.68. The number of hydrogen-bond acceptors (Lipinski definition) is 3. The molecule has 1 aromatic carbocycles. The number of benzene rings is 1. The van der Waals surface area contributed by atoms with E-state index < -0.39 is 0 Å². The van der Waals surface area contributed by atoms with Gasteiger partial charge in [0.1, 0.15) is 0 Å². The number of carbonyl (C=O) groups is 1. The third-order valence-electron chi connectivity index (χ3n) is 4.97. The summed E-state index contributed by atoms with van der Waals surface area (Å²) in [7, 11) is 5.99. The van der Waals surface area contributed by atoms with Crippen LogP contribution in [0.25, 0.3) is 10.9 Å². The number of aromatic nitrogens is 2. The lowest BCUT2D eigenvalue weighted by Gasteiger charge is -2.34. The summed E-state index contributed by atoms with van der Waals surface area (Å²) in [6, 6.07) is 8.12. The number of fused-ring (bicyclic) bond motifs is 1. The first-order chi connectivity index (χ1) is 10.0. The van der Waals surface area contributed by atoms with E-state index >= 15 is 0 Å². The van der Waals surface area contributed by atoms with Gasteiger partial charge in [0, 0.05) is 12.4 Å². The van der Waals surface area contributed by atoms with E-state index in [2.05, 4.69) is 16.1 Å². The molecule has 0 aliphatic heterocycles. The van der Waals surface area contributed by atoms with Gasteiger partial charge in [-0.2, -0.15) is 5.10 Å². The molecule has 1 fully saturated rings. The number of rotatable bonds is 4. The van der Waals surface area contributed by atoms with Crippen molar-refractivity contribution in [2.45, 2.75) is 37.6 Å². The molecule has 0 unspecified atom stereocenters. The zero-order valence-corrected chi connectivity index (χ0v) is 13.1. The zero-order chi connectivity index (χ0) is 15.0. The summed E-state index contributed by atoms with van der Waals surface area (Å²) in [4.78, 5) is 15.1. The van der Waals surface area contributed by atoms with Crippen LogP contribution >= 0.6 is 0 Å². The van der Waals surface area contributed by atoms with E-state index in [1.807, 2.05) is 44.0 Å². The number of Topliss-reactive ketones (excluding diaryl/α,β-unsaturated/α-hetero) is 1. The number of likely N-dealkylation sites (N-methyl/N-ethyl adjacent to an activating group) is 1. The summed E-state index contributed by atoms with van der Waals surface area (Å²) in [6.07, 6.45) is 4.67. The van der Waals surface area contributed by atoms with Gasteiger partial charge in [-0.3, -0.25) is 14.4 Å². The van der Waals surface area contributed by atoms with Crippen LogP contribution in [0.1, 0.15) is 31.4 Å². The van der Waals surface area contributed by atoms with Gasteiger partial charge in [0.15, 0.2) is 5.78 Å². The Bertz CT molecular complexity index is 666. The molecule has 0 amide bonds. The third-order valence-corrected chi connectivity index (χ3v) is 4.97. The number of hydrogen-bond donors (Lipinski definition) is 0. The summed E-state index contributed by atoms with van der Waals surface area (Å²) in [5.74, 6) is 0.314. The molecule has 1 saturated carbocycles. The molecule has 0 saturated heterocycles. The molecule has 4 heteroatoms. The fraction of sp³-hybridized carbons (Fsp3) is 0.529. The molecule has 4 nitrogen and oxygen atoms in total. The minimum Gasteiger partial charge on any atom is -0.297 e. The van der Waals surface area contributed by atoms with Crippen molar-refractivity contribution in [3.8, 4) is 0 Å². The lowest BCUT2D eigenvalue weighted by atomic mass is 9.87. The minimum absolute atomic E-state index is 0.279. The number of carbonyl (C=O) groups excluding carboxylic acids is 1. The van der Waals surface area contributed by atoms with Crippen LogP contribution in [0.4, 0.5) is 0 Å². The highest BCUT2D eigenvalue weighted by Crippen LogP contribution is 2.35. The Morgan fingerprint density at radius 2 is 1.95 bits per heavy atom. The summed E-state index contributed by atoms with van der Waals surface area (Å²) in [5, 5.41) is 5.67. The van der Waals surface area contributed by atoms with E-state index in [1.165, 1.54) is 0 Å². The molecule has 1 aliphatic carbocycles. The van der Waals surface area contributed by atoms with Crippen LogP contribution in [-0.2, 0) is 18.3 Å². The van der Waals surface area contributed by atoms with Crippen LogP contribution in [0.15, 0.2) is 24.3 Å². The normalized spacial score (nSPS) is 17.7. The number of ketones is 1. The topological polar surface area (TPSA) is 38.1 Å². The standard InChI is InChI=1S/C17H23N3O/c1-19(2)17(10-6-7-11-17)16(21)12-14-13-8-4-5-9-15(13)20(3)18-14/h4-5,8-9H,6-7,10-12H2,1-3H3. The van der Waals surface area contributed by atoms with Gasteiger partial charge in [0.25, 0.3) is 0 Å². The average molecular weight is 285 g/mol. The van der Waals surface area contributed by atoms with Crippen molar-refractivity contribution in [3.05, 3.63) is 30.0 Å². The summed E-state index contributed by atoms with van der Waals surface area (Å²) < 4.78 is 1.87. The SMILES string of the molecule is CN(C)C1(C(=O)Cc2nn(C)c3ccccc23)CCCC1. The largest absolute Gasteiger partial charge is 0.297 e. The van der Waals surface area contributed by atoms with Crippen molar-refractivity contribution in [3.63, 3.8) is 0 Å². The van der Waals surface area contributed by atoms with Crippen molar-refractivity contribution in [1.82, 2.24) is 14.7 Å². The molecule has 21 heavy (non-hydrogen) atoms. The van der Waals surface area contributed by atoms with E-state index in [1.54, 1.807) is 0 Å². The maximum absolute atomic E-state index is 12.9. The molecule has 1 heterocycles. The van der Waals surface area contributed by atoms with E-state index in [4.69, 9.17) is 0 Å². The molecule has 2 aromatic rings. The predicted octanol–water partition coefficient (Wildman–Crippen LogP) is 2.56. The molecule has 3 rings (SSSR count). The van der Waals surface area contributed by atoms with E-state index in [9.17, 15) is 4.79 Å². The van der Waals surface area contributed by atoms with Gasteiger partial charge >= 0.3 is 0 Å². The van der Waals surface area contributed by atoms with Crippen LogP contribution in [0.5, 0.6) is 0 Å². The molecular formula is C17H23N3O. The van der Waals surface area contributed by atoms with E-state index in [0.29, 0.717) is 12.2 Å². The number of nitrogens with zero attached hydrogens (tertiary/aromatic N) is 3. The van der Waals surface area contributed by atoms with Crippen LogP contribution in [0.2, 0.25) is 0 Å². The van der Waals surface area contributed by atoms with Gasteiger partial charge in [-0.05, 0) is 33.0 Å². The predicted molar refractivity (Wildman–Crippen MR) is 84.3 cm³/mol. The van der Waals surface area contributed by atoms with Gasteiger partial charge in [-0.15, -0.1) is 0 Å². The Morgan fingerprint density at radius 1 is 1.29 bits per heavy atom. The molecule has 112 valence electrons. The second kappa shape index (κ2) is 5.26. The summed E-state index contributed by atoms with van der Waals surface area (Å²) >= 11 is 0. The number of para-hydroxylation sites is 1. The molecule has 1 aliphatic rings. The van der Waals surface area contributed by atoms with Gasteiger partial charge in [0.05, 0.1) is 23.2 Å². The first-order valence-corrected chi connectivity index (χ1v) is 7.66. The van der Waals surface area contributed by atoms with Gasteiger partial charge in [0.2, 0.25) is 0 Å². The highest BCUT2D eigenvalue weighted by Gasteiger charge is 2.42. The molecule has 0 spiro atoms. The maximum Gasteiger partial charge on any atom is 0.159 e. The first-order valence-electron chi connectivity index (χ1n) is 7.66. The quantitative estimate of drug-likeness (QED) is 0.866. The third kappa shape index (κ3) is 2.27. The Balaban J connectivity index is 1.93. The fourth-order valence-corrected chi connectivity index (χ4v) is 3.67. The average Bonchev–Trinajstić information content (AvgIpc) is 3.07. The van der Waals surface area contributed by atoms with Crippen LogP contribution < -0.4 is 0 Å². The molecule has 0 atom stereocenters. The van der Waals surface area contributed by atoms with Crippen molar-refractivity contribution in [1.29, 1.82) is 0 Å². The molecular weight excluding hydrogens is 262 g/mol. The second-order valence-electron chi connectivity index (χ2n) is 6.32. The maximum atomic E-state index is 12.9. The molecule has 1 aromatic heterocycles. The number of aryl methyl sites for hydroxylation is 1. The van der Waals surface area contributed by atoms with Gasteiger partial charge in [-0.1, -0.05) is 31.0 Å². The highest BCUT2D eigenvalue weighted by molar-refractivity contribution is 5.94. The highest BCUT2D eigenvalue weighted by atomic mass is 16.1.